The molecule has 1 aliphatic rings. The molecule has 0 aromatic rings. The molecule has 0 aliphatic carbocycles. The summed E-state index contributed by atoms with van der Waals surface area (Å²) in [5.41, 5.74) is 0. The molecule has 1 N–H and O–H groups in total. The van der Waals surface area contributed by atoms with Crippen molar-refractivity contribution in [3.05, 3.63) is 0 Å². The van der Waals surface area contributed by atoms with E-state index in [2.05, 4.69) is 27.2 Å². The fourth-order valence-corrected chi connectivity index (χ4v) is 2.74. The van der Waals surface area contributed by atoms with E-state index in [-0.39, 0.29) is 0 Å². The fraction of sp³-hybridized carbons (Fsp3) is 0.941. The van der Waals surface area contributed by atoms with Gasteiger partial charge in [-0.3, -0.25) is 4.99 Å². The monoisotopic (exact) mass is 344 g/mol. The van der Waals surface area contributed by atoms with Crippen LogP contribution < -0.4 is 5.32 Å². The third-order valence-electron chi connectivity index (χ3n) is 4.25. The lowest BCUT2D eigenvalue weighted by atomic mass is 10.1. The molecule has 1 aliphatic heterocycles. The Kier molecular flexibility index (Phi) is 11.8. The Labute approximate surface area is 147 Å². The second-order valence-corrected chi connectivity index (χ2v) is 6.17. The molecule has 7 nitrogen and oxygen atoms in total. The van der Waals surface area contributed by atoms with Crippen LogP contribution in [0.25, 0.3) is 0 Å². The predicted octanol–water partition coefficient (Wildman–Crippen LogP) is 0.658. The first-order chi connectivity index (χ1) is 11.7. The van der Waals surface area contributed by atoms with Crippen LogP contribution in [0.15, 0.2) is 4.99 Å². The van der Waals surface area contributed by atoms with E-state index >= 15 is 0 Å². The number of likely N-dealkylation sites (N-methyl/N-ethyl adjacent to an activating group) is 1. The Hall–Kier alpha value is -0.890. The van der Waals surface area contributed by atoms with E-state index in [0.717, 1.165) is 77.8 Å². The zero-order valence-electron chi connectivity index (χ0n) is 15.9. The van der Waals surface area contributed by atoms with E-state index in [0.29, 0.717) is 6.10 Å². The van der Waals surface area contributed by atoms with Crippen LogP contribution in [-0.4, -0.2) is 103 Å². The average Bonchev–Trinajstić information content (AvgIpc) is 2.61. The molecule has 1 heterocycles. The number of rotatable bonds is 11. The molecule has 7 heteroatoms. The van der Waals surface area contributed by atoms with Crippen molar-refractivity contribution in [2.45, 2.75) is 25.4 Å². The molecule has 0 saturated carbocycles. The normalized spacial score (nSPS) is 16.9. The number of methoxy groups -OCH3 is 2. The second-order valence-electron chi connectivity index (χ2n) is 6.17. The number of hydrogen-bond donors (Lipinski definition) is 1. The van der Waals surface area contributed by atoms with Crippen molar-refractivity contribution < 1.29 is 14.2 Å². The van der Waals surface area contributed by atoms with Crippen molar-refractivity contribution in [3.8, 4) is 0 Å². The van der Waals surface area contributed by atoms with E-state index in [1.807, 2.05) is 7.05 Å². The van der Waals surface area contributed by atoms with Crippen LogP contribution in [0.4, 0.5) is 0 Å². The molecule has 0 aromatic heterocycles. The molecule has 0 radical (unpaired) electrons. The number of nitrogens with zero attached hydrogens (tertiary/aromatic N) is 3. The molecule has 0 bridgehead atoms. The van der Waals surface area contributed by atoms with Gasteiger partial charge in [0.1, 0.15) is 0 Å². The molecule has 0 amide bonds. The van der Waals surface area contributed by atoms with Crippen LogP contribution >= 0.6 is 0 Å². The highest BCUT2D eigenvalue weighted by Gasteiger charge is 2.21. The van der Waals surface area contributed by atoms with Crippen LogP contribution in [0.5, 0.6) is 0 Å². The number of nitrogens with one attached hydrogen (secondary N) is 1. The number of aliphatic imine (C=N–C) groups is 1. The molecular formula is C17H36N4O3. The third kappa shape index (κ3) is 8.82. The van der Waals surface area contributed by atoms with Gasteiger partial charge in [0.15, 0.2) is 5.96 Å². The summed E-state index contributed by atoms with van der Waals surface area (Å²) in [6.45, 7) is 7.13. The molecular weight excluding hydrogens is 308 g/mol. The number of piperidine rings is 1. The minimum Gasteiger partial charge on any atom is -0.385 e. The van der Waals surface area contributed by atoms with Crippen molar-refractivity contribution in [2.24, 2.45) is 4.99 Å². The van der Waals surface area contributed by atoms with Gasteiger partial charge >= 0.3 is 0 Å². The molecule has 1 saturated heterocycles. The minimum absolute atomic E-state index is 0.372. The summed E-state index contributed by atoms with van der Waals surface area (Å²) < 4.78 is 16.1. The Bertz CT molecular complexity index is 334. The summed E-state index contributed by atoms with van der Waals surface area (Å²) in [7, 11) is 7.42. The Morgan fingerprint density at radius 3 is 2.46 bits per heavy atom. The van der Waals surface area contributed by atoms with Crippen LogP contribution in [-0.2, 0) is 14.2 Å². The largest absolute Gasteiger partial charge is 0.385 e. The van der Waals surface area contributed by atoms with Crippen LogP contribution in [0.3, 0.4) is 0 Å². The summed E-state index contributed by atoms with van der Waals surface area (Å²) in [4.78, 5) is 8.99. The van der Waals surface area contributed by atoms with Crippen molar-refractivity contribution in [2.75, 3.05) is 80.9 Å². The molecule has 0 spiro atoms. The highest BCUT2D eigenvalue weighted by molar-refractivity contribution is 5.79. The van der Waals surface area contributed by atoms with Gasteiger partial charge in [-0.15, -0.1) is 0 Å². The third-order valence-corrected chi connectivity index (χ3v) is 4.25. The molecule has 142 valence electrons. The fourth-order valence-electron chi connectivity index (χ4n) is 2.74. The second kappa shape index (κ2) is 13.4. The highest BCUT2D eigenvalue weighted by atomic mass is 16.5. The van der Waals surface area contributed by atoms with Gasteiger partial charge in [0.2, 0.25) is 0 Å². The quantitative estimate of drug-likeness (QED) is 0.338. The first kappa shape index (κ1) is 21.2. The van der Waals surface area contributed by atoms with E-state index < -0.39 is 0 Å². The van der Waals surface area contributed by atoms with E-state index in [1.165, 1.54) is 0 Å². The zero-order chi connectivity index (χ0) is 17.6. The molecule has 0 unspecified atom stereocenters. The van der Waals surface area contributed by atoms with Gasteiger partial charge in [-0.2, -0.15) is 0 Å². The van der Waals surface area contributed by atoms with Gasteiger partial charge in [0.25, 0.3) is 0 Å². The first-order valence-electron chi connectivity index (χ1n) is 8.94. The Morgan fingerprint density at radius 1 is 1.12 bits per heavy atom. The standard InChI is InChI=1S/C17H36N4O3/c1-18-17(19-8-11-20(2)12-15-23-4)21-9-6-16(7-10-21)24-14-5-13-22-3/h16H,5-15H2,1-4H3,(H,18,19). The highest BCUT2D eigenvalue weighted by Crippen LogP contribution is 2.14. The summed E-state index contributed by atoms with van der Waals surface area (Å²) in [5, 5.41) is 3.46. The van der Waals surface area contributed by atoms with Crippen molar-refractivity contribution in [3.63, 3.8) is 0 Å². The van der Waals surface area contributed by atoms with Crippen molar-refractivity contribution >= 4 is 5.96 Å². The maximum absolute atomic E-state index is 5.91. The molecule has 1 rings (SSSR count). The lowest BCUT2D eigenvalue weighted by Gasteiger charge is -2.34. The number of hydrogen-bond acceptors (Lipinski definition) is 5. The number of guanidine groups is 1. The zero-order valence-corrected chi connectivity index (χ0v) is 15.9. The van der Waals surface area contributed by atoms with Gasteiger partial charge in [-0.25, -0.2) is 0 Å². The SMILES string of the molecule is CN=C(NCCN(C)CCOC)N1CCC(OCCCOC)CC1. The van der Waals surface area contributed by atoms with Crippen LogP contribution in [0, 0.1) is 0 Å². The molecule has 1 fully saturated rings. The van der Waals surface area contributed by atoms with Crippen LogP contribution in [0.1, 0.15) is 19.3 Å². The predicted molar refractivity (Wildman–Crippen MR) is 97.8 cm³/mol. The Morgan fingerprint density at radius 2 is 1.83 bits per heavy atom. The summed E-state index contributed by atoms with van der Waals surface area (Å²) in [5.74, 6) is 0.993. The summed E-state index contributed by atoms with van der Waals surface area (Å²) in [6, 6.07) is 0. The first-order valence-corrected chi connectivity index (χ1v) is 8.94. The minimum atomic E-state index is 0.372. The summed E-state index contributed by atoms with van der Waals surface area (Å²) >= 11 is 0. The molecule has 0 aromatic carbocycles. The van der Waals surface area contributed by atoms with Gasteiger partial charge in [-0.05, 0) is 26.3 Å². The van der Waals surface area contributed by atoms with Crippen molar-refractivity contribution in [1.82, 2.24) is 15.1 Å². The van der Waals surface area contributed by atoms with Gasteiger partial charge in [0.05, 0.1) is 12.7 Å². The van der Waals surface area contributed by atoms with Gasteiger partial charge < -0.3 is 29.3 Å². The molecule has 0 atom stereocenters. The van der Waals surface area contributed by atoms with E-state index in [1.54, 1.807) is 14.2 Å². The van der Waals surface area contributed by atoms with Gasteiger partial charge in [0, 0.05) is 67.2 Å². The lowest BCUT2D eigenvalue weighted by Crippen LogP contribution is -2.48. The van der Waals surface area contributed by atoms with Crippen molar-refractivity contribution in [1.29, 1.82) is 0 Å². The van der Waals surface area contributed by atoms with Crippen LogP contribution in [0.2, 0.25) is 0 Å². The lowest BCUT2D eigenvalue weighted by molar-refractivity contribution is 0.00990. The average molecular weight is 345 g/mol. The summed E-state index contributed by atoms with van der Waals surface area (Å²) in [6.07, 6.45) is 3.45. The maximum atomic E-state index is 5.91. The van der Waals surface area contributed by atoms with E-state index in [4.69, 9.17) is 14.2 Å². The molecule has 24 heavy (non-hydrogen) atoms. The smallest absolute Gasteiger partial charge is 0.193 e. The van der Waals surface area contributed by atoms with E-state index in [9.17, 15) is 0 Å². The Balaban J connectivity index is 2.18. The topological polar surface area (TPSA) is 58.6 Å². The number of likely N-dealkylation sites (tertiary alicyclic amines) is 1. The number of ether oxygens (including phenoxy) is 3. The van der Waals surface area contributed by atoms with Gasteiger partial charge in [-0.1, -0.05) is 0 Å². The maximum Gasteiger partial charge on any atom is 0.193 e.